The van der Waals surface area contributed by atoms with Crippen molar-refractivity contribution in [3.05, 3.63) is 33.4 Å². The molecule has 1 fully saturated rings. The Labute approximate surface area is 171 Å². The van der Waals surface area contributed by atoms with Gasteiger partial charge in [0.25, 0.3) is 15.8 Å². The Morgan fingerprint density at radius 1 is 1.28 bits per heavy atom. The van der Waals surface area contributed by atoms with Gasteiger partial charge in [-0.05, 0) is 26.7 Å². The Balaban J connectivity index is 1.66. The molecule has 9 nitrogen and oxygen atoms in total. The van der Waals surface area contributed by atoms with Crippen molar-refractivity contribution in [2.45, 2.75) is 51.6 Å². The van der Waals surface area contributed by atoms with Gasteiger partial charge in [0.15, 0.2) is 5.65 Å². The first-order chi connectivity index (χ1) is 13.7. The van der Waals surface area contributed by atoms with Crippen molar-refractivity contribution in [2.75, 3.05) is 33.7 Å². The van der Waals surface area contributed by atoms with E-state index in [0.29, 0.717) is 31.3 Å². The van der Waals surface area contributed by atoms with E-state index in [0.717, 1.165) is 42.8 Å². The molecule has 0 saturated carbocycles. The lowest BCUT2D eigenvalue weighted by atomic mass is 9.96. The van der Waals surface area contributed by atoms with Crippen LogP contribution in [-0.4, -0.2) is 76.3 Å². The Morgan fingerprint density at radius 2 is 2.03 bits per heavy atom. The summed E-state index contributed by atoms with van der Waals surface area (Å²) in [4.78, 5) is 20.1. The molecule has 10 heteroatoms. The van der Waals surface area contributed by atoms with E-state index in [9.17, 15) is 13.2 Å². The number of piperidine rings is 1. The molecule has 0 aromatic carbocycles. The summed E-state index contributed by atoms with van der Waals surface area (Å²) in [6, 6.07) is 2.29. The van der Waals surface area contributed by atoms with Crippen LogP contribution in [0.3, 0.4) is 0 Å². The van der Waals surface area contributed by atoms with Gasteiger partial charge in [0.1, 0.15) is 0 Å². The van der Waals surface area contributed by atoms with Crippen molar-refractivity contribution in [1.82, 2.24) is 28.1 Å². The van der Waals surface area contributed by atoms with Gasteiger partial charge in [0, 0.05) is 70.4 Å². The van der Waals surface area contributed by atoms with E-state index in [1.54, 1.807) is 14.1 Å². The zero-order valence-electron chi connectivity index (χ0n) is 17.6. The molecule has 2 aromatic rings. The first-order valence-corrected chi connectivity index (χ1v) is 11.6. The summed E-state index contributed by atoms with van der Waals surface area (Å²) in [7, 11) is -0.340. The summed E-state index contributed by atoms with van der Waals surface area (Å²) in [5.74, 6) is 0.0174. The quantitative estimate of drug-likeness (QED) is 0.786. The number of hydrogen-bond donors (Lipinski definition) is 1. The topological polar surface area (TPSA) is 94.0 Å². The highest BCUT2D eigenvalue weighted by Gasteiger charge is 2.32. The van der Waals surface area contributed by atoms with E-state index < -0.39 is 10.2 Å². The van der Waals surface area contributed by atoms with Gasteiger partial charge in [-0.1, -0.05) is 0 Å². The highest BCUT2D eigenvalue weighted by molar-refractivity contribution is 7.86. The summed E-state index contributed by atoms with van der Waals surface area (Å²) in [6.45, 7) is 6.73. The third kappa shape index (κ3) is 3.63. The lowest BCUT2D eigenvalue weighted by Gasteiger charge is -2.32. The predicted octanol–water partition coefficient (Wildman–Crippen LogP) is 0.775. The molecule has 0 radical (unpaired) electrons. The van der Waals surface area contributed by atoms with Crippen LogP contribution >= 0.6 is 0 Å². The molecule has 0 amide bonds. The van der Waals surface area contributed by atoms with Crippen LogP contribution in [0.2, 0.25) is 0 Å². The average Bonchev–Trinajstić information content (AvgIpc) is 3.12. The fourth-order valence-corrected chi connectivity index (χ4v) is 5.50. The number of aromatic nitrogens is 3. The molecule has 0 spiro atoms. The fraction of sp³-hybridized carbons (Fsp3) is 0.684. The van der Waals surface area contributed by atoms with E-state index in [-0.39, 0.29) is 11.5 Å². The maximum Gasteiger partial charge on any atom is 0.281 e. The molecule has 1 atom stereocenters. The molecule has 1 saturated heterocycles. The second-order valence-corrected chi connectivity index (χ2v) is 10.7. The van der Waals surface area contributed by atoms with Crippen molar-refractivity contribution >= 4 is 15.9 Å². The molecule has 2 aliphatic rings. The smallest absolute Gasteiger partial charge is 0.281 e. The van der Waals surface area contributed by atoms with E-state index in [2.05, 4.69) is 23.8 Å². The van der Waals surface area contributed by atoms with Crippen molar-refractivity contribution in [1.29, 1.82) is 0 Å². The molecule has 2 aromatic heterocycles. The van der Waals surface area contributed by atoms with Crippen molar-refractivity contribution in [3.63, 3.8) is 0 Å². The van der Waals surface area contributed by atoms with Gasteiger partial charge >= 0.3 is 0 Å². The van der Waals surface area contributed by atoms with Crippen molar-refractivity contribution in [3.8, 4) is 0 Å². The second-order valence-electron chi connectivity index (χ2n) is 8.55. The van der Waals surface area contributed by atoms with Crippen LogP contribution in [0.15, 0.2) is 10.9 Å². The molecule has 160 valence electrons. The lowest BCUT2D eigenvalue weighted by molar-refractivity contribution is 0.200. The highest BCUT2D eigenvalue weighted by Crippen LogP contribution is 2.28. The maximum absolute atomic E-state index is 13.1. The van der Waals surface area contributed by atoms with Crippen LogP contribution in [0.25, 0.3) is 5.65 Å². The fourth-order valence-electron chi connectivity index (χ4n) is 4.31. The summed E-state index contributed by atoms with van der Waals surface area (Å²) in [5.41, 5.74) is 3.09. The zero-order chi connectivity index (χ0) is 20.9. The van der Waals surface area contributed by atoms with Gasteiger partial charge in [0.2, 0.25) is 0 Å². The van der Waals surface area contributed by atoms with Gasteiger partial charge in [-0.25, -0.2) is 9.50 Å². The zero-order valence-corrected chi connectivity index (χ0v) is 18.4. The Kier molecular flexibility index (Phi) is 5.30. The van der Waals surface area contributed by atoms with E-state index in [4.69, 9.17) is 4.98 Å². The number of hydrogen-bond acceptors (Lipinski definition) is 5. The van der Waals surface area contributed by atoms with Crippen molar-refractivity contribution < 1.29 is 8.42 Å². The molecule has 4 heterocycles. The Bertz CT molecular complexity index is 1070. The Morgan fingerprint density at radius 3 is 2.72 bits per heavy atom. The molecular weight excluding hydrogens is 392 g/mol. The SMILES string of the molecule is CC(C)N1CCc2nc3cc(C4CCCN(S(=O)(=O)N(C)C)C4)[nH]n3c(=O)c2C1. The number of nitrogens with one attached hydrogen (secondary N) is 1. The summed E-state index contributed by atoms with van der Waals surface area (Å²) < 4.78 is 29.3. The third-order valence-corrected chi connectivity index (χ3v) is 8.06. The number of H-pyrrole nitrogens is 1. The van der Waals surface area contributed by atoms with Crippen LogP contribution < -0.4 is 5.56 Å². The second kappa shape index (κ2) is 7.50. The lowest BCUT2D eigenvalue weighted by Crippen LogP contribution is -2.45. The molecule has 4 rings (SSSR count). The molecule has 0 aliphatic carbocycles. The monoisotopic (exact) mass is 422 g/mol. The van der Waals surface area contributed by atoms with Crippen LogP contribution in [0, 0.1) is 0 Å². The maximum atomic E-state index is 13.1. The van der Waals surface area contributed by atoms with Crippen LogP contribution in [0.4, 0.5) is 0 Å². The van der Waals surface area contributed by atoms with Crippen LogP contribution in [0.5, 0.6) is 0 Å². The van der Waals surface area contributed by atoms with Gasteiger partial charge in [-0.2, -0.15) is 17.0 Å². The standard InChI is InChI=1S/C19H30N6O3S/c1-13(2)23-9-7-16-15(12-23)19(26)25-18(20-16)10-17(21-25)14-6-5-8-24(11-14)29(27,28)22(3)4/h10,13-14,21H,5-9,11-12H2,1-4H3. The Hall–Kier alpha value is -1.75. The first-order valence-electron chi connectivity index (χ1n) is 10.2. The molecule has 1 unspecified atom stereocenters. The minimum Gasteiger partial charge on any atom is -0.296 e. The number of fused-ring (bicyclic) bond motifs is 2. The summed E-state index contributed by atoms with van der Waals surface area (Å²) in [5, 5.41) is 3.22. The van der Waals surface area contributed by atoms with Gasteiger partial charge < -0.3 is 0 Å². The summed E-state index contributed by atoms with van der Waals surface area (Å²) in [6.07, 6.45) is 2.44. The number of nitrogens with zero attached hydrogens (tertiary/aromatic N) is 5. The minimum absolute atomic E-state index is 0.0174. The van der Waals surface area contributed by atoms with Crippen molar-refractivity contribution in [2.24, 2.45) is 0 Å². The van der Waals surface area contributed by atoms with Gasteiger partial charge in [0.05, 0.1) is 11.3 Å². The minimum atomic E-state index is -3.44. The molecule has 0 bridgehead atoms. The van der Waals surface area contributed by atoms with E-state index in [1.165, 1.54) is 13.1 Å². The molecular formula is C19H30N6O3S. The number of rotatable bonds is 4. The first kappa shape index (κ1) is 20.5. The average molecular weight is 423 g/mol. The summed E-state index contributed by atoms with van der Waals surface area (Å²) >= 11 is 0. The predicted molar refractivity (Wildman–Crippen MR) is 111 cm³/mol. The van der Waals surface area contributed by atoms with Gasteiger partial charge in [-0.3, -0.25) is 14.8 Å². The van der Waals surface area contributed by atoms with E-state index in [1.807, 2.05) is 6.07 Å². The van der Waals surface area contributed by atoms with Crippen LogP contribution in [-0.2, 0) is 23.2 Å². The molecule has 2 aliphatic heterocycles. The molecule has 29 heavy (non-hydrogen) atoms. The largest absolute Gasteiger partial charge is 0.296 e. The van der Waals surface area contributed by atoms with E-state index >= 15 is 0 Å². The molecule has 1 N–H and O–H groups in total. The van der Waals surface area contributed by atoms with Crippen LogP contribution in [0.1, 0.15) is 49.6 Å². The van der Waals surface area contributed by atoms with Gasteiger partial charge in [-0.15, -0.1) is 0 Å². The number of aromatic amines is 1. The third-order valence-electron chi connectivity index (χ3n) is 6.15. The highest BCUT2D eigenvalue weighted by atomic mass is 32.2. The normalized spacial score (nSPS) is 21.9.